The zero-order chi connectivity index (χ0) is 98.1. The van der Waals surface area contributed by atoms with Gasteiger partial charge in [-0.25, -0.2) is 0 Å². The third-order valence-corrected chi connectivity index (χ3v) is 33.9. The number of nitrogens with zero attached hydrogens (tertiary/aromatic N) is 1. The Kier molecular flexibility index (Phi) is 62.3. The predicted octanol–water partition coefficient (Wildman–Crippen LogP) is 24.0. The highest BCUT2D eigenvalue weighted by Gasteiger charge is 2.60. The van der Waals surface area contributed by atoms with Crippen LogP contribution in [0, 0.1) is 37.7 Å². The van der Waals surface area contributed by atoms with Gasteiger partial charge in [-0.2, -0.15) is 26.3 Å². The second-order valence-electron chi connectivity index (χ2n) is 34.0. The molecule has 10 atom stereocenters. The quantitative estimate of drug-likeness (QED) is 0.0106. The standard InChI is InChI=1S/C19H21O3P.C17H32NO5P.C13H25Br2O5P.C10H21O4P.C9H17O4P.C8H11F6O3P.C5H9O4P.C4H9O3P/c1-3-15(2)12-20-23-21-13-16-8-4-6-10-18(16)19-11-7-5-9-17(19)14-22-23;1-5-7-9-10-16(17(18(19)20)11-8-6-2)13-21-24-22-14(3)12-15(4)23-24;1-2-11(14)12(15)3-8-18-21-19-9-13(4-6-16,5-7-17)10-20-21;1-7(11)5-8(2)12-15-13-9(3)6-10(4)14-15;10-5-1-9-2-6-11-14(12-7-3-9)13-8-4-9;1-6(2)3-15-18(16-4-6)17-5(7(9,10)11)8(12,13)14;6-1-5-2-7-10(8-3-5)9-4-5;1-2-5-8-6-3-4-7-8/h4-11H,2-3,12-14H2,1H3;9-10,14-17H,5-8,11-13H2,1-4H3;11-12,16-17H,2-10H2,1H3;7-11H,5-6H2,1-4H3;10H,1-8H2;5H,3-4H2,1-2H3;6H,1-4H2;2-4H2,1H3/b;10-9+;;;;;;. The number of fused-ring (bicyclic) bond motifs is 12. The maximum Gasteiger partial charge on any atom is 0.424 e. The van der Waals surface area contributed by atoms with E-state index in [1.165, 1.54) is 11.1 Å². The number of hydrogen-bond donors (Lipinski definition) is 5. The summed E-state index contributed by atoms with van der Waals surface area (Å²) in [5.74, 6) is -0.250. The highest BCUT2D eigenvalue weighted by atomic mass is 79.9. The van der Waals surface area contributed by atoms with E-state index in [-0.39, 0.29) is 110 Å². The van der Waals surface area contributed by atoms with Crippen molar-refractivity contribution in [3.05, 3.63) is 94.1 Å². The van der Waals surface area contributed by atoms with E-state index in [9.17, 15) is 41.6 Å². The largest absolute Gasteiger partial charge is 0.424 e. The van der Waals surface area contributed by atoms with Gasteiger partial charge in [0.2, 0.25) is 6.04 Å². The van der Waals surface area contributed by atoms with Gasteiger partial charge in [0.25, 0.3) is 6.10 Å². The summed E-state index contributed by atoms with van der Waals surface area (Å²) in [6.45, 7) is 38.8. The van der Waals surface area contributed by atoms with Crippen LogP contribution in [-0.4, -0.2) is 233 Å². The predicted molar refractivity (Wildman–Crippen MR) is 508 cm³/mol. The molecule has 14 rings (SSSR count). The van der Waals surface area contributed by atoms with Crippen LogP contribution in [0.2, 0.25) is 0 Å². The lowest BCUT2D eigenvalue weighted by Crippen LogP contribution is -2.46. The van der Waals surface area contributed by atoms with Crippen LogP contribution in [0.25, 0.3) is 11.1 Å². The molecule has 133 heavy (non-hydrogen) atoms. The highest BCUT2D eigenvalue weighted by Crippen LogP contribution is 2.57. The van der Waals surface area contributed by atoms with Crippen molar-refractivity contribution >= 4 is 101 Å². The van der Waals surface area contributed by atoms with Gasteiger partial charge in [-0.15, -0.1) is 0 Å². The number of aliphatic hydroxyl groups excluding tert-OH is 5. The molecule has 32 nitrogen and oxygen atoms in total. The van der Waals surface area contributed by atoms with Gasteiger partial charge in [0, 0.05) is 64.5 Å². The number of aliphatic hydroxyl groups is 5. The fraction of sp³-hybridized carbons (Fsp3) is 0.812. The molecule has 0 aliphatic carbocycles. The van der Waals surface area contributed by atoms with Gasteiger partial charge >= 0.3 is 81.2 Å². The van der Waals surface area contributed by atoms with E-state index in [0.29, 0.717) is 134 Å². The van der Waals surface area contributed by atoms with Crippen LogP contribution in [0.4, 0.5) is 26.3 Å². The molecule has 4 bridgehead atoms. The molecule has 48 heteroatoms. The minimum Gasteiger partial charge on any atom is -0.396 e. The Hall–Kier alpha value is 0.140. The third-order valence-electron chi connectivity index (χ3n) is 21.1. The molecule has 0 aromatic heterocycles. The first-order valence-electron chi connectivity index (χ1n) is 45.2. The summed E-state index contributed by atoms with van der Waals surface area (Å²) in [5, 5.41) is 56.9. The first-order valence-corrected chi connectivity index (χ1v) is 55.8. The van der Waals surface area contributed by atoms with Crippen LogP contribution in [0.3, 0.4) is 0 Å². The Morgan fingerprint density at radius 3 is 1.50 bits per heavy atom. The number of nitro groups is 1. The van der Waals surface area contributed by atoms with E-state index >= 15 is 0 Å². The molecule has 11 fully saturated rings. The number of alkyl halides is 8. The van der Waals surface area contributed by atoms with Crippen molar-refractivity contribution in [3.8, 4) is 11.1 Å². The van der Waals surface area contributed by atoms with Crippen molar-refractivity contribution in [2.45, 2.75) is 283 Å². The molecule has 0 amide bonds. The molecule has 12 aliphatic rings. The van der Waals surface area contributed by atoms with Crippen molar-refractivity contribution in [2.75, 3.05) is 132 Å². The smallest absolute Gasteiger partial charge is 0.396 e. The van der Waals surface area contributed by atoms with Crippen molar-refractivity contribution < 1.29 is 165 Å². The lowest BCUT2D eigenvalue weighted by atomic mass is 9.76. The molecule has 772 valence electrons. The Balaban J connectivity index is 0.000000274. The minimum absolute atomic E-state index is 0.0266. The van der Waals surface area contributed by atoms with Crippen molar-refractivity contribution in [2.24, 2.45) is 27.6 Å². The molecule has 12 aliphatic heterocycles. The number of allylic oxidation sites excluding steroid dienone is 1. The monoisotopic (exact) mass is 2200 g/mol. The summed E-state index contributed by atoms with van der Waals surface area (Å²) in [5.41, 5.74) is 4.89. The Labute approximate surface area is 809 Å². The average Bonchev–Trinajstić information content (AvgIpc) is 1.80. The van der Waals surface area contributed by atoms with Gasteiger partial charge in [0.05, 0.1) is 173 Å². The SMILES string of the molecule is C=C(CC)COP1OCc2ccccc2-c2ccccc2CO1.CC(O)CC(C)OP1OC(C)CC(C)O1.CC1(C)COP(OC(C(F)(F)F)C(F)(F)F)OC1.CCC(Br)C(Br)CCOP1OCC(CCO)(CCO)CO1.CCC/C=C/C(COP1OC(C)CC(C)O1)C(CCCC)[N+](=O)[O-].CCOP1OCCO1.OCC12COP(OC1)OC2.OCCC12CCOP(OCC1)OCC2. The summed E-state index contributed by atoms with van der Waals surface area (Å²) in [6, 6.07) is 16.0. The molecule has 5 N–H and O–H groups in total. The summed E-state index contributed by atoms with van der Waals surface area (Å²) >= 11 is 7.24. The summed E-state index contributed by atoms with van der Waals surface area (Å²) < 4.78 is 202. The number of benzene rings is 2. The van der Waals surface area contributed by atoms with Gasteiger partial charge in [0.15, 0.2) is 0 Å². The molecular formula is C85H145Br2F6NO31P8. The number of halogens is 8. The first-order chi connectivity index (χ1) is 63.3. The molecule has 12 heterocycles. The fourth-order valence-electron chi connectivity index (χ4n) is 13.3. The Morgan fingerprint density at radius 1 is 0.571 bits per heavy atom. The second-order valence-corrected chi connectivity index (χ2v) is 45.8. The van der Waals surface area contributed by atoms with E-state index < -0.39 is 98.7 Å². The number of hydrogen-bond acceptors (Lipinski definition) is 31. The van der Waals surface area contributed by atoms with Gasteiger partial charge in [0.1, 0.15) is 0 Å². The van der Waals surface area contributed by atoms with Crippen molar-refractivity contribution in [1.82, 2.24) is 0 Å². The lowest BCUT2D eigenvalue weighted by Gasteiger charge is -2.42. The summed E-state index contributed by atoms with van der Waals surface area (Å²) in [6.07, 6.45) is 3.73. The third kappa shape index (κ3) is 49.3. The molecule has 0 radical (unpaired) electrons. The van der Waals surface area contributed by atoms with Gasteiger partial charge in [-0.3, -0.25) is 14.6 Å². The average molecular weight is 2200 g/mol. The minimum atomic E-state index is -5.56. The van der Waals surface area contributed by atoms with Crippen LogP contribution in [0.1, 0.15) is 210 Å². The molecule has 11 saturated heterocycles. The van der Waals surface area contributed by atoms with Gasteiger partial charge < -0.3 is 130 Å². The van der Waals surface area contributed by atoms with Crippen LogP contribution < -0.4 is 0 Å². The van der Waals surface area contributed by atoms with Crippen molar-refractivity contribution in [1.29, 1.82) is 0 Å². The Bertz CT molecular complexity index is 3320. The number of rotatable bonds is 36. The van der Waals surface area contributed by atoms with Crippen molar-refractivity contribution in [3.63, 3.8) is 0 Å². The Morgan fingerprint density at radius 2 is 1.05 bits per heavy atom. The van der Waals surface area contributed by atoms with E-state index in [1.54, 1.807) is 20.8 Å². The fourth-order valence-corrected chi connectivity index (χ4v) is 23.6. The van der Waals surface area contributed by atoms with Crippen LogP contribution in [0.5, 0.6) is 0 Å². The zero-order valence-electron chi connectivity index (χ0n) is 78.8. The maximum absolute atomic E-state index is 12.2. The molecular weight excluding hydrogens is 2050 g/mol. The summed E-state index contributed by atoms with van der Waals surface area (Å²) in [7, 11) is -11.0. The molecule has 10 unspecified atom stereocenters. The van der Waals surface area contributed by atoms with Gasteiger partial charge in [-0.05, 0) is 153 Å². The van der Waals surface area contributed by atoms with E-state index in [4.69, 9.17) is 124 Å². The van der Waals surface area contributed by atoms with E-state index in [1.807, 2.05) is 72.8 Å². The lowest BCUT2D eigenvalue weighted by molar-refractivity contribution is -0.531. The molecule has 0 saturated carbocycles. The normalized spacial score (nSPS) is 27.0. The maximum atomic E-state index is 12.2. The van der Waals surface area contributed by atoms with Crippen LogP contribution in [0.15, 0.2) is 72.8 Å². The first kappa shape index (κ1) is 124. The zero-order valence-corrected chi connectivity index (χ0v) is 89.1. The molecule has 2 aromatic rings. The summed E-state index contributed by atoms with van der Waals surface area (Å²) in [4.78, 5) is 12.1. The highest BCUT2D eigenvalue weighted by molar-refractivity contribution is 9.12. The van der Waals surface area contributed by atoms with E-state index in [0.717, 1.165) is 100 Å². The van der Waals surface area contributed by atoms with Crippen LogP contribution in [-0.2, 0) is 122 Å². The van der Waals surface area contributed by atoms with E-state index in [2.05, 4.69) is 100 Å². The topological polar surface area (TPSA) is 366 Å². The second kappa shape index (κ2) is 67.0. The molecule has 0 spiro atoms. The molecule has 2 aromatic carbocycles. The van der Waals surface area contributed by atoms with Crippen LogP contribution >= 0.6 is 101 Å². The van der Waals surface area contributed by atoms with Gasteiger partial charge in [-0.1, -0.05) is 159 Å². The number of unbranched alkanes of at least 4 members (excludes halogenated alkanes) is 2.